The number of hydrogen-bond acceptors (Lipinski definition) is 2. The van der Waals surface area contributed by atoms with Crippen LogP contribution in [-0.2, 0) is 6.42 Å². The number of hydrogen-bond donors (Lipinski definition) is 2. The molecule has 4 nitrogen and oxygen atoms in total. The lowest BCUT2D eigenvalue weighted by molar-refractivity contribution is 0.328. The maximum atomic E-state index is 4.14. The second-order valence-corrected chi connectivity index (χ2v) is 5.39. The Bertz CT molecular complexity index is 416. The summed E-state index contributed by atoms with van der Waals surface area (Å²) >= 11 is 0. The van der Waals surface area contributed by atoms with E-state index in [1.807, 2.05) is 7.05 Å². The van der Waals surface area contributed by atoms with Gasteiger partial charge in [-0.1, -0.05) is 30.3 Å². The minimum atomic E-state index is 0.732. The van der Waals surface area contributed by atoms with E-state index in [9.17, 15) is 0 Å². The summed E-state index contributed by atoms with van der Waals surface area (Å²) in [6.45, 7) is 4.59. The number of nitrogens with one attached hydrogen (secondary N) is 2. The van der Waals surface area contributed by atoms with E-state index in [1.165, 1.54) is 31.6 Å². The van der Waals surface area contributed by atoms with Crippen LogP contribution in [0.25, 0.3) is 0 Å². The summed E-state index contributed by atoms with van der Waals surface area (Å²) in [6.07, 6.45) is 2.43. The monoisotopic (exact) mass is 274 g/mol. The molecule has 0 amide bonds. The van der Waals surface area contributed by atoms with Gasteiger partial charge in [-0.25, -0.2) is 0 Å². The normalized spacial score (nSPS) is 20.1. The molecule has 0 saturated carbocycles. The molecule has 0 bridgehead atoms. The fourth-order valence-corrected chi connectivity index (χ4v) is 2.73. The van der Waals surface area contributed by atoms with Crippen molar-refractivity contribution in [2.75, 3.05) is 40.3 Å². The highest BCUT2D eigenvalue weighted by atomic mass is 15.2. The van der Waals surface area contributed by atoms with Gasteiger partial charge in [-0.3, -0.25) is 4.99 Å². The molecule has 1 heterocycles. The van der Waals surface area contributed by atoms with Gasteiger partial charge in [0, 0.05) is 33.7 Å². The molecule has 1 aromatic carbocycles. The number of guanidine groups is 1. The summed E-state index contributed by atoms with van der Waals surface area (Å²) < 4.78 is 0. The first kappa shape index (κ1) is 14.9. The number of rotatable bonds is 5. The van der Waals surface area contributed by atoms with Gasteiger partial charge in [0.1, 0.15) is 0 Å². The molecule has 110 valence electrons. The third-order valence-corrected chi connectivity index (χ3v) is 3.95. The van der Waals surface area contributed by atoms with E-state index in [2.05, 4.69) is 50.9 Å². The maximum Gasteiger partial charge on any atom is 0.190 e. The van der Waals surface area contributed by atoms with Crippen molar-refractivity contribution < 1.29 is 0 Å². The Kier molecular flexibility index (Phi) is 5.87. The number of aliphatic imine (C=N–C) groups is 1. The van der Waals surface area contributed by atoms with E-state index in [-0.39, 0.29) is 0 Å². The molecular formula is C16H26N4. The zero-order valence-electron chi connectivity index (χ0n) is 12.6. The van der Waals surface area contributed by atoms with Crippen LogP contribution >= 0.6 is 0 Å². The number of benzene rings is 1. The van der Waals surface area contributed by atoms with Crippen molar-refractivity contribution in [1.29, 1.82) is 0 Å². The predicted molar refractivity (Wildman–Crippen MR) is 85.1 cm³/mol. The fourth-order valence-electron chi connectivity index (χ4n) is 2.73. The Morgan fingerprint density at radius 3 is 2.85 bits per heavy atom. The van der Waals surface area contributed by atoms with Gasteiger partial charge in [0.25, 0.3) is 0 Å². The summed E-state index contributed by atoms with van der Waals surface area (Å²) in [6, 6.07) is 10.7. The first-order chi connectivity index (χ1) is 9.81. The molecule has 20 heavy (non-hydrogen) atoms. The lowest BCUT2D eigenvalue weighted by Gasteiger charge is -2.17. The molecule has 2 N–H and O–H groups in total. The Morgan fingerprint density at radius 1 is 1.35 bits per heavy atom. The minimum absolute atomic E-state index is 0.732. The Labute approximate surface area is 122 Å². The van der Waals surface area contributed by atoms with Crippen molar-refractivity contribution >= 4 is 5.96 Å². The summed E-state index contributed by atoms with van der Waals surface area (Å²) in [5, 5.41) is 6.43. The largest absolute Gasteiger partial charge is 0.359 e. The third kappa shape index (κ3) is 4.53. The first-order valence-corrected chi connectivity index (χ1v) is 7.46. The zero-order valence-corrected chi connectivity index (χ0v) is 12.6. The van der Waals surface area contributed by atoms with Crippen molar-refractivity contribution in [2.45, 2.75) is 12.8 Å². The van der Waals surface area contributed by atoms with Crippen molar-refractivity contribution in [1.82, 2.24) is 15.5 Å². The second kappa shape index (κ2) is 7.90. The van der Waals surface area contributed by atoms with Gasteiger partial charge < -0.3 is 15.5 Å². The van der Waals surface area contributed by atoms with Crippen LogP contribution in [0.15, 0.2) is 35.3 Å². The number of nitrogens with zero attached hydrogens (tertiary/aromatic N) is 2. The van der Waals surface area contributed by atoms with Gasteiger partial charge in [0.15, 0.2) is 5.96 Å². The van der Waals surface area contributed by atoms with Crippen LogP contribution in [0.5, 0.6) is 0 Å². The van der Waals surface area contributed by atoms with Crippen molar-refractivity contribution in [2.24, 2.45) is 10.9 Å². The molecule has 2 rings (SSSR count). The van der Waals surface area contributed by atoms with E-state index in [0.717, 1.165) is 24.8 Å². The summed E-state index contributed by atoms with van der Waals surface area (Å²) in [7, 11) is 3.70. The summed E-state index contributed by atoms with van der Waals surface area (Å²) in [5.74, 6) is 1.61. The molecule has 1 aromatic rings. The second-order valence-electron chi connectivity index (χ2n) is 5.39. The van der Waals surface area contributed by atoms with Gasteiger partial charge in [0.05, 0.1) is 0 Å². The predicted octanol–water partition coefficient (Wildman–Crippen LogP) is 1.35. The molecule has 1 saturated heterocycles. The van der Waals surface area contributed by atoms with E-state index in [4.69, 9.17) is 0 Å². The van der Waals surface area contributed by atoms with Gasteiger partial charge in [-0.2, -0.15) is 0 Å². The number of likely N-dealkylation sites (tertiary alicyclic amines) is 1. The smallest absolute Gasteiger partial charge is 0.190 e. The SMILES string of the molecule is CN=C(NC)NC[C@@H]1CCN(CCc2ccccc2)C1. The van der Waals surface area contributed by atoms with Crippen LogP contribution in [0.1, 0.15) is 12.0 Å². The van der Waals surface area contributed by atoms with Crippen LogP contribution in [0.2, 0.25) is 0 Å². The lowest BCUT2D eigenvalue weighted by Crippen LogP contribution is -2.38. The van der Waals surface area contributed by atoms with Gasteiger partial charge in [-0.15, -0.1) is 0 Å². The van der Waals surface area contributed by atoms with Gasteiger partial charge >= 0.3 is 0 Å². The van der Waals surface area contributed by atoms with Gasteiger partial charge in [0.2, 0.25) is 0 Å². The molecule has 1 aliphatic rings. The van der Waals surface area contributed by atoms with Crippen LogP contribution in [0, 0.1) is 5.92 Å². The average molecular weight is 274 g/mol. The Morgan fingerprint density at radius 2 is 2.15 bits per heavy atom. The van der Waals surface area contributed by atoms with Crippen LogP contribution in [0.3, 0.4) is 0 Å². The summed E-state index contributed by atoms with van der Waals surface area (Å²) in [4.78, 5) is 6.71. The van der Waals surface area contributed by atoms with E-state index in [1.54, 1.807) is 7.05 Å². The zero-order chi connectivity index (χ0) is 14.2. The summed E-state index contributed by atoms with van der Waals surface area (Å²) in [5.41, 5.74) is 1.43. The Balaban J connectivity index is 1.67. The first-order valence-electron chi connectivity index (χ1n) is 7.46. The highest BCUT2D eigenvalue weighted by Crippen LogP contribution is 2.15. The minimum Gasteiger partial charge on any atom is -0.359 e. The van der Waals surface area contributed by atoms with Crippen LogP contribution in [0.4, 0.5) is 0 Å². The van der Waals surface area contributed by atoms with Crippen LogP contribution in [-0.4, -0.2) is 51.1 Å². The molecule has 0 aliphatic carbocycles. The lowest BCUT2D eigenvalue weighted by atomic mass is 10.1. The molecule has 4 heteroatoms. The van der Waals surface area contributed by atoms with E-state index < -0.39 is 0 Å². The highest BCUT2D eigenvalue weighted by molar-refractivity contribution is 5.79. The fraction of sp³-hybridized carbons (Fsp3) is 0.562. The van der Waals surface area contributed by atoms with Gasteiger partial charge in [-0.05, 0) is 30.9 Å². The molecule has 1 fully saturated rings. The van der Waals surface area contributed by atoms with Crippen molar-refractivity contribution in [3.8, 4) is 0 Å². The van der Waals surface area contributed by atoms with Crippen molar-refractivity contribution in [3.63, 3.8) is 0 Å². The average Bonchev–Trinajstić information content (AvgIpc) is 2.95. The third-order valence-electron chi connectivity index (χ3n) is 3.95. The highest BCUT2D eigenvalue weighted by Gasteiger charge is 2.21. The molecule has 0 radical (unpaired) electrons. The Hall–Kier alpha value is -1.55. The van der Waals surface area contributed by atoms with Crippen molar-refractivity contribution in [3.05, 3.63) is 35.9 Å². The quantitative estimate of drug-likeness (QED) is 0.629. The molecule has 0 spiro atoms. The molecular weight excluding hydrogens is 248 g/mol. The molecule has 0 unspecified atom stereocenters. The molecule has 1 atom stereocenters. The molecule has 0 aromatic heterocycles. The molecule has 1 aliphatic heterocycles. The maximum absolute atomic E-state index is 4.14. The topological polar surface area (TPSA) is 39.7 Å². The standard InChI is InChI=1S/C16H26N4/c1-17-16(18-2)19-12-15-9-11-20(13-15)10-8-14-6-4-3-5-7-14/h3-7,15H,8-13H2,1-2H3,(H2,17,18,19)/t15-/m0/s1. The van der Waals surface area contributed by atoms with Crippen LogP contribution < -0.4 is 10.6 Å². The van der Waals surface area contributed by atoms with E-state index >= 15 is 0 Å². The van der Waals surface area contributed by atoms with E-state index in [0.29, 0.717) is 0 Å².